The number of carbonyl (C=O) groups is 1. The van der Waals surface area contributed by atoms with E-state index in [1.807, 2.05) is 11.8 Å². The topological polar surface area (TPSA) is 46.1 Å². The fourth-order valence-electron chi connectivity index (χ4n) is 3.64. The molecule has 2 fully saturated rings. The van der Waals surface area contributed by atoms with E-state index < -0.39 is 5.92 Å². The van der Waals surface area contributed by atoms with Crippen molar-refractivity contribution in [2.45, 2.75) is 57.3 Å². The molecule has 6 heteroatoms. The average molecular weight is 323 g/mol. The smallest absolute Gasteiger partial charge is 0.248 e. The predicted octanol–water partition coefficient (Wildman–Crippen LogP) is 3.32. The molecule has 1 saturated heterocycles. The minimum absolute atomic E-state index is 0.0470. The van der Waals surface area contributed by atoms with E-state index in [0.717, 1.165) is 30.8 Å². The maximum atomic E-state index is 13.3. The minimum atomic E-state index is -2.58. The van der Waals surface area contributed by atoms with E-state index >= 15 is 0 Å². The van der Waals surface area contributed by atoms with Crippen LogP contribution in [0.1, 0.15) is 55.8 Å². The van der Waals surface area contributed by atoms with Crippen LogP contribution in [-0.2, 0) is 4.79 Å². The monoisotopic (exact) mass is 323 g/mol. The van der Waals surface area contributed by atoms with Crippen LogP contribution in [0.4, 0.5) is 8.78 Å². The Morgan fingerprint density at radius 1 is 1.26 bits per heavy atom. The Kier molecular flexibility index (Phi) is 4.60. The van der Waals surface area contributed by atoms with Crippen LogP contribution in [0, 0.1) is 12.8 Å². The van der Waals surface area contributed by atoms with Crippen LogP contribution in [-0.4, -0.2) is 39.8 Å². The van der Waals surface area contributed by atoms with Crippen molar-refractivity contribution in [3.63, 3.8) is 0 Å². The number of nitrogens with zero attached hydrogens (tertiary/aromatic N) is 3. The Morgan fingerprint density at radius 2 is 2.00 bits per heavy atom. The standard InChI is InChI=1S/C17H23F2N3O/c1-12-9-20-10-15(21-12)14-3-2-8-22(11-14)16(23)13-4-6-17(18,19)7-5-13/h9-10,13-14H,2-8,11H2,1H3/t14-/m1/s1. The van der Waals surface area contributed by atoms with E-state index in [2.05, 4.69) is 9.97 Å². The maximum absolute atomic E-state index is 13.3. The lowest BCUT2D eigenvalue weighted by Crippen LogP contribution is -2.44. The molecule has 0 aromatic carbocycles. The minimum Gasteiger partial charge on any atom is -0.342 e. The lowest BCUT2D eigenvalue weighted by atomic mass is 9.85. The normalized spacial score (nSPS) is 25.3. The summed E-state index contributed by atoms with van der Waals surface area (Å²) in [5, 5.41) is 0. The third-order valence-electron chi connectivity index (χ3n) is 4.99. The largest absolute Gasteiger partial charge is 0.342 e. The van der Waals surface area contributed by atoms with Gasteiger partial charge in [0, 0.05) is 50.2 Å². The van der Waals surface area contributed by atoms with Crippen LogP contribution in [0.3, 0.4) is 0 Å². The first-order valence-corrected chi connectivity index (χ1v) is 8.40. The highest BCUT2D eigenvalue weighted by molar-refractivity contribution is 5.79. The number of hydrogen-bond donors (Lipinski definition) is 0. The van der Waals surface area contributed by atoms with E-state index in [-0.39, 0.29) is 30.6 Å². The van der Waals surface area contributed by atoms with Crippen LogP contribution < -0.4 is 0 Å². The highest BCUT2D eigenvalue weighted by Crippen LogP contribution is 2.37. The van der Waals surface area contributed by atoms with Crippen LogP contribution in [0.25, 0.3) is 0 Å². The molecule has 1 atom stereocenters. The van der Waals surface area contributed by atoms with E-state index in [0.29, 0.717) is 19.4 Å². The number of carbonyl (C=O) groups excluding carboxylic acids is 1. The van der Waals surface area contributed by atoms with Gasteiger partial charge in [-0.05, 0) is 32.6 Å². The molecule has 1 aromatic rings. The number of hydrogen-bond acceptors (Lipinski definition) is 3. The van der Waals surface area contributed by atoms with Crippen molar-refractivity contribution in [1.29, 1.82) is 0 Å². The molecule has 1 aliphatic carbocycles. The zero-order valence-corrected chi connectivity index (χ0v) is 13.5. The van der Waals surface area contributed by atoms with Crippen LogP contribution >= 0.6 is 0 Å². The Balaban J connectivity index is 1.63. The second-order valence-corrected chi connectivity index (χ2v) is 6.84. The van der Waals surface area contributed by atoms with E-state index in [9.17, 15) is 13.6 Å². The summed E-state index contributed by atoms with van der Waals surface area (Å²) in [4.78, 5) is 23.2. The summed E-state index contributed by atoms with van der Waals surface area (Å²) in [6, 6.07) is 0. The first kappa shape index (κ1) is 16.3. The van der Waals surface area contributed by atoms with Gasteiger partial charge in [0.15, 0.2) is 0 Å². The number of aryl methyl sites for hydroxylation is 1. The van der Waals surface area contributed by atoms with Crippen molar-refractivity contribution >= 4 is 5.91 Å². The first-order chi connectivity index (χ1) is 10.9. The number of piperidine rings is 1. The summed E-state index contributed by atoms with van der Waals surface area (Å²) >= 11 is 0. The molecule has 1 amide bonds. The molecule has 23 heavy (non-hydrogen) atoms. The molecule has 2 aliphatic rings. The van der Waals surface area contributed by atoms with Gasteiger partial charge < -0.3 is 4.90 Å². The van der Waals surface area contributed by atoms with Crippen LogP contribution in [0.15, 0.2) is 12.4 Å². The van der Waals surface area contributed by atoms with E-state index in [1.165, 1.54) is 0 Å². The van der Waals surface area contributed by atoms with Gasteiger partial charge in [-0.3, -0.25) is 14.8 Å². The van der Waals surface area contributed by atoms with Gasteiger partial charge in [-0.2, -0.15) is 0 Å². The Bertz CT molecular complexity index is 569. The molecule has 1 saturated carbocycles. The van der Waals surface area contributed by atoms with Crippen molar-refractivity contribution in [2.75, 3.05) is 13.1 Å². The second kappa shape index (κ2) is 6.49. The molecular weight excluding hydrogens is 300 g/mol. The van der Waals surface area contributed by atoms with Gasteiger partial charge in [0.2, 0.25) is 11.8 Å². The fraction of sp³-hybridized carbons (Fsp3) is 0.706. The molecule has 4 nitrogen and oxygen atoms in total. The molecule has 1 aromatic heterocycles. The van der Waals surface area contributed by atoms with Gasteiger partial charge in [0.05, 0.1) is 11.4 Å². The lowest BCUT2D eigenvalue weighted by Gasteiger charge is -2.36. The van der Waals surface area contributed by atoms with E-state index in [1.54, 1.807) is 12.4 Å². The maximum Gasteiger partial charge on any atom is 0.248 e. The molecular formula is C17H23F2N3O. The van der Waals surface area contributed by atoms with Crippen LogP contribution in [0.5, 0.6) is 0 Å². The van der Waals surface area contributed by atoms with Crippen molar-refractivity contribution in [3.8, 4) is 0 Å². The number of alkyl halides is 2. The van der Waals surface area contributed by atoms with Crippen molar-refractivity contribution in [1.82, 2.24) is 14.9 Å². The number of amides is 1. The zero-order chi connectivity index (χ0) is 16.4. The second-order valence-electron chi connectivity index (χ2n) is 6.84. The first-order valence-electron chi connectivity index (χ1n) is 8.40. The van der Waals surface area contributed by atoms with Gasteiger partial charge in [-0.1, -0.05) is 0 Å². The highest BCUT2D eigenvalue weighted by atomic mass is 19.3. The van der Waals surface area contributed by atoms with Crippen molar-refractivity contribution < 1.29 is 13.6 Å². The summed E-state index contributed by atoms with van der Waals surface area (Å²) < 4.78 is 26.5. The Labute approximate surface area is 135 Å². The fourth-order valence-corrected chi connectivity index (χ4v) is 3.64. The zero-order valence-electron chi connectivity index (χ0n) is 13.5. The summed E-state index contributed by atoms with van der Waals surface area (Å²) in [5.41, 5.74) is 1.80. The van der Waals surface area contributed by atoms with Gasteiger partial charge >= 0.3 is 0 Å². The molecule has 0 unspecified atom stereocenters. The molecule has 0 bridgehead atoms. The predicted molar refractivity (Wildman–Crippen MR) is 82.2 cm³/mol. The van der Waals surface area contributed by atoms with Gasteiger partial charge in [-0.25, -0.2) is 8.78 Å². The molecule has 2 heterocycles. The Morgan fingerprint density at radius 3 is 2.70 bits per heavy atom. The summed E-state index contributed by atoms with van der Waals surface area (Å²) in [5.74, 6) is -2.58. The number of halogens is 2. The Hall–Kier alpha value is -1.59. The summed E-state index contributed by atoms with van der Waals surface area (Å²) in [6.45, 7) is 3.26. The molecule has 0 radical (unpaired) electrons. The average Bonchev–Trinajstić information content (AvgIpc) is 2.54. The molecule has 0 spiro atoms. The summed E-state index contributed by atoms with van der Waals surface area (Å²) in [7, 11) is 0. The summed E-state index contributed by atoms with van der Waals surface area (Å²) in [6.07, 6.45) is 5.69. The third-order valence-corrected chi connectivity index (χ3v) is 4.99. The molecule has 126 valence electrons. The highest BCUT2D eigenvalue weighted by Gasteiger charge is 2.39. The van der Waals surface area contributed by atoms with E-state index in [4.69, 9.17) is 0 Å². The number of rotatable bonds is 2. The lowest BCUT2D eigenvalue weighted by molar-refractivity contribution is -0.140. The van der Waals surface area contributed by atoms with Crippen molar-refractivity contribution in [3.05, 3.63) is 23.8 Å². The molecule has 1 aliphatic heterocycles. The van der Waals surface area contributed by atoms with Crippen molar-refractivity contribution in [2.24, 2.45) is 5.92 Å². The van der Waals surface area contributed by atoms with Gasteiger partial charge in [-0.15, -0.1) is 0 Å². The van der Waals surface area contributed by atoms with Crippen LogP contribution in [0.2, 0.25) is 0 Å². The van der Waals surface area contributed by atoms with Gasteiger partial charge in [0.25, 0.3) is 0 Å². The number of likely N-dealkylation sites (tertiary alicyclic amines) is 1. The molecule has 0 N–H and O–H groups in total. The quantitative estimate of drug-likeness (QED) is 0.839. The van der Waals surface area contributed by atoms with Gasteiger partial charge in [0.1, 0.15) is 0 Å². The SMILES string of the molecule is Cc1cncc([C@@H]2CCCN(C(=O)C3CCC(F)(F)CC3)C2)n1. The third kappa shape index (κ3) is 3.85. The molecule has 3 rings (SSSR count). The number of aromatic nitrogens is 2.